The molecule has 5 unspecified atom stereocenters. The van der Waals surface area contributed by atoms with Crippen molar-refractivity contribution in [1.29, 1.82) is 0 Å². The van der Waals surface area contributed by atoms with Crippen molar-refractivity contribution < 1.29 is 111 Å². The Morgan fingerprint density at radius 1 is 0.870 bits per heavy atom. The summed E-state index contributed by atoms with van der Waals surface area (Å²) in [6, 6.07) is 1.09. The van der Waals surface area contributed by atoms with E-state index in [4.69, 9.17) is 54.3 Å². The minimum atomic E-state index is -5.43. The third kappa shape index (κ3) is 16.6. The molecule has 0 saturated carbocycles. The van der Waals surface area contributed by atoms with Crippen molar-refractivity contribution in [2.75, 3.05) is 13.2 Å². The first-order valence-corrected chi connectivity index (χ1v) is 17.4. The molecule has 270 valence electrons. The Morgan fingerprint density at radius 3 is 1.72 bits per heavy atom. The van der Waals surface area contributed by atoms with Crippen LogP contribution in [-0.4, -0.2) is 142 Å². The van der Waals surface area contributed by atoms with E-state index in [1.54, 1.807) is 0 Å². The predicted molar refractivity (Wildman–Crippen MR) is 139 cm³/mol. The molecule has 27 nitrogen and oxygen atoms in total. The van der Waals surface area contributed by atoms with Gasteiger partial charge in [-0.05, 0) is 0 Å². The fourth-order valence-corrected chi connectivity index (χ4v) is 5.70. The van der Waals surface area contributed by atoms with E-state index < -0.39 is 105 Å². The molecule has 0 spiro atoms. The van der Waals surface area contributed by atoms with Crippen LogP contribution < -0.4 is 11.2 Å². The number of ether oxygens (including phenoxy) is 1. The molecule has 2 heterocycles. The normalized spacial score (nSPS) is 24.2. The Morgan fingerprint density at radius 2 is 1.37 bits per heavy atom. The highest BCUT2D eigenvalue weighted by Gasteiger charge is 2.44. The molecule has 0 aliphatic carbocycles. The van der Waals surface area contributed by atoms with E-state index in [0.717, 1.165) is 16.8 Å². The van der Waals surface area contributed by atoms with Crippen LogP contribution >= 0.6 is 31.3 Å². The van der Waals surface area contributed by atoms with Crippen molar-refractivity contribution in [3.05, 3.63) is 33.1 Å². The van der Waals surface area contributed by atoms with Gasteiger partial charge in [-0.3, -0.25) is 18.9 Å². The van der Waals surface area contributed by atoms with Crippen LogP contribution in [0.15, 0.2) is 21.9 Å². The monoisotopic (exact) mass is 762 g/mol. The quantitative estimate of drug-likeness (QED) is 0.0656. The van der Waals surface area contributed by atoms with Crippen molar-refractivity contribution >= 4 is 37.6 Å². The molecule has 1 aliphatic rings. The van der Waals surface area contributed by atoms with Crippen molar-refractivity contribution in [3.63, 3.8) is 0 Å². The number of aldehydes is 1. The smallest absolute Gasteiger partial charge is 0.394 e. The lowest BCUT2D eigenvalue weighted by atomic mass is 10.0. The Kier molecular flexibility index (Phi) is 17.8. The van der Waals surface area contributed by atoms with Crippen LogP contribution in [0.3, 0.4) is 0 Å². The first-order chi connectivity index (χ1) is 20.7. The van der Waals surface area contributed by atoms with Gasteiger partial charge in [-0.1, -0.05) is 0 Å². The zero-order chi connectivity index (χ0) is 36.4. The highest BCUT2D eigenvalue weighted by molar-refractivity contribution is 7.61. The summed E-state index contributed by atoms with van der Waals surface area (Å²) in [6.45, 7) is -1.48. The van der Waals surface area contributed by atoms with Crippen LogP contribution in [-0.2, 0) is 40.9 Å². The number of aromatic nitrogens is 2. The Bertz CT molecular complexity index is 1390. The Hall–Kier alpha value is -1.45. The summed E-state index contributed by atoms with van der Waals surface area (Å²) in [5.41, 5.74) is -1.33. The second-order valence-corrected chi connectivity index (χ2v) is 13.7. The van der Waals surface area contributed by atoms with Gasteiger partial charge in [-0.2, -0.15) is 8.62 Å². The number of hydrogen-bond donors (Lipinski definition) is 15. The van der Waals surface area contributed by atoms with Crippen molar-refractivity contribution in [1.82, 2.24) is 9.55 Å². The molecule has 1 aromatic heterocycles. The molecule has 0 radical (unpaired) electrons. The maximum Gasteiger partial charge on any atom is 0.481 e. The Balaban J connectivity index is 0.000000705. The molecule has 0 aromatic carbocycles. The predicted octanol–water partition coefficient (Wildman–Crippen LogP) is -6.81. The van der Waals surface area contributed by atoms with Gasteiger partial charge in [-0.15, -0.1) is 0 Å². The topological polar surface area (TPSA) is 460 Å². The largest absolute Gasteiger partial charge is 0.481 e. The average Bonchev–Trinajstić information content (AvgIpc) is 3.16. The minimum Gasteiger partial charge on any atom is -0.394 e. The van der Waals surface area contributed by atoms with E-state index in [9.17, 15) is 53.1 Å². The van der Waals surface area contributed by atoms with E-state index >= 15 is 0 Å². The number of rotatable bonds is 13. The van der Waals surface area contributed by atoms with Gasteiger partial charge in [-0.25, -0.2) is 23.1 Å². The molecule has 1 saturated heterocycles. The fourth-order valence-electron chi connectivity index (χ4n) is 2.88. The molecule has 1 aromatic rings. The van der Waals surface area contributed by atoms with Crippen LogP contribution in [0.2, 0.25) is 0 Å². The minimum absolute atomic E-state index is 0.274. The van der Waals surface area contributed by atoms with Gasteiger partial charge in [0.15, 0.2) is 18.6 Å². The Labute approximate surface area is 253 Å². The summed E-state index contributed by atoms with van der Waals surface area (Å²) < 4.78 is 57.1. The SMILES string of the molecule is O=CC(OP(=O)(O)OP(=O)(O)O)C(O)C(O)C(O)CO.O=P(O)(O)OP(=O)(O)O.O=c1ccn([C@@H]2O[C@H](CO)[C@@H](O)[C@H]2O)c(=O)[nH]1. The number of carbonyl (C=O) groups excluding carboxylic acids is 1. The highest BCUT2D eigenvalue weighted by Crippen LogP contribution is 2.58. The van der Waals surface area contributed by atoms with E-state index in [1.807, 2.05) is 4.98 Å². The average molecular weight is 762 g/mol. The number of aromatic amines is 1. The number of phosphoric acid groups is 4. The van der Waals surface area contributed by atoms with E-state index in [2.05, 4.69) is 13.1 Å². The molecule has 31 heteroatoms. The molecular formula is C15H30N2O25P4. The van der Waals surface area contributed by atoms with Gasteiger partial charge in [0, 0.05) is 12.3 Å². The summed E-state index contributed by atoms with van der Waals surface area (Å²) >= 11 is 0. The number of H-pyrrole nitrogens is 1. The zero-order valence-corrected chi connectivity index (χ0v) is 25.8. The molecule has 0 amide bonds. The number of aliphatic hydroxyl groups is 7. The second-order valence-electron chi connectivity index (χ2n) is 8.29. The van der Waals surface area contributed by atoms with Gasteiger partial charge >= 0.3 is 37.0 Å². The van der Waals surface area contributed by atoms with Crippen LogP contribution in [0, 0.1) is 0 Å². The highest BCUT2D eigenvalue weighted by atomic mass is 31.3. The third-order valence-corrected chi connectivity index (χ3v) is 8.61. The first kappa shape index (κ1) is 44.5. The van der Waals surface area contributed by atoms with Crippen molar-refractivity contribution in [3.8, 4) is 0 Å². The maximum atomic E-state index is 11.4. The van der Waals surface area contributed by atoms with E-state index in [1.165, 1.54) is 0 Å². The number of carbonyl (C=O) groups is 1. The number of phosphoric ester groups is 1. The molecule has 15 N–H and O–H groups in total. The van der Waals surface area contributed by atoms with Crippen molar-refractivity contribution in [2.24, 2.45) is 0 Å². The molecule has 1 aliphatic heterocycles. The number of nitrogens with one attached hydrogen (secondary N) is 1. The van der Waals surface area contributed by atoms with E-state index in [0.29, 0.717) is 0 Å². The van der Waals surface area contributed by atoms with Crippen LogP contribution in [0.4, 0.5) is 0 Å². The van der Waals surface area contributed by atoms with Crippen molar-refractivity contribution in [2.45, 2.75) is 49.0 Å². The molecule has 9 atom stereocenters. The summed E-state index contributed by atoms with van der Waals surface area (Å²) in [6.07, 6.45) is -12.4. The molecular weight excluding hydrogens is 732 g/mol. The first-order valence-electron chi connectivity index (χ1n) is 11.3. The van der Waals surface area contributed by atoms with Gasteiger partial charge in [0.25, 0.3) is 5.56 Å². The van der Waals surface area contributed by atoms with Crippen LogP contribution in [0.25, 0.3) is 0 Å². The standard InChI is InChI=1S/C9H12N2O6.C6H14O12P2.H4O7P2/c12-3-4-6(14)7(15)8(17-4)11-2-1-5(13)10-9(11)16;7-1-3(9)5(10)6(11)4(2-8)17-20(15,16)18-19(12,13)14;1-8(2,3)7-9(4,5)6/h1-2,4,6-8,12,14-15H,3H2,(H,10,13,16);2-7,9-11H,1H2,(H,15,16)(H2,12,13,14);(H2,1,2,3)(H2,4,5,6)/t4-,6-,7-,8-;;/m1../s1. The second kappa shape index (κ2) is 18.4. The molecule has 1 fully saturated rings. The van der Waals surface area contributed by atoms with Gasteiger partial charge in [0.05, 0.1) is 13.2 Å². The lowest BCUT2D eigenvalue weighted by Gasteiger charge is -2.26. The molecule has 46 heavy (non-hydrogen) atoms. The molecule has 2 rings (SSSR count). The van der Waals surface area contributed by atoms with E-state index in [-0.39, 0.29) is 6.29 Å². The fraction of sp³-hybridized carbons (Fsp3) is 0.667. The lowest BCUT2D eigenvalue weighted by Crippen LogP contribution is -2.47. The summed E-state index contributed by atoms with van der Waals surface area (Å²) in [5.74, 6) is 0. The molecule has 0 bridgehead atoms. The summed E-state index contributed by atoms with van der Waals surface area (Å²) in [4.78, 5) is 91.5. The van der Waals surface area contributed by atoms with Crippen LogP contribution in [0.1, 0.15) is 6.23 Å². The van der Waals surface area contributed by atoms with Gasteiger partial charge in [0.2, 0.25) is 0 Å². The summed E-state index contributed by atoms with van der Waals surface area (Å²) in [5, 5.41) is 64.2. The van der Waals surface area contributed by atoms with Gasteiger partial charge in [0.1, 0.15) is 36.6 Å². The number of hydrogen-bond acceptors (Lipinski definition) is 18. The zero-order valence-electron chi connectivity index (χ0n) is 22.3. The number of aliphatic hydroxyl groups excluding tert-OH is 7. The maximum absolute atomic E-state index is 11.4. The number of nitrogens with zero attached hydrogens (tertiary/aromatic N) is 1. The van der Waals surface area contributed by atoms with Crippen LogP contribution in [0.5, 0.6) is 0 Å². The lowest BCUT2D eigenvalue weighted by molar-refractivity contribution is -0.134. The van der Waals surface area contributed by atoms with Gasteiger partial charge < -0.3 is 79.5 Å². The summed E-state index contributed by atoms with van der Waals surface area (Å²) in [7, 11) is -20.9. The third-order valence-electron chi connectivity index (χ3n) is 4.72.